The first kappa shape index (κ1) is 14.5. The number of nitrogens with zero attached hydrogens (tertiary/aromatic N) is 3. The van der Waals surface area contributed by atoms with Gasteiger partial charge in [0, 0.05) is 32.9 Å². The number of piperidine rings is 1. The molecule has 0 saturated carbocycles. The third-order valence-corrected chi connectivity index (χ3v) is 3.44. The van der Waals surface area contributed by atoms with E-state index in [1.54, 1.807) is 22.0 Å². The number of imidazole rings is 1. The number of aryl methyl sites for hydroxylation is 1. The number of carbonyl (C=O) groups excluding carboxylic acids is 1. The zero-order chi connectivity index (χ0) is 14.5. The van der Waals surface area contributed by atoms with Crippen molar-refractivity contribution in [3.8, 4) is 0 Å². The summed E-state index contributed by atoms with van der Waals surface area (Å²) in [7, 11) is 1.83. The lowest BCUT2D eigenvalue weighted by atomic mass is 9.97. The van der Waals surface area contributed by atoms with Gasteiger partial charge >= 0.3 is 5.97 Å². The molecule has 1 aromatic heterocycles. The summed E-state index contributed by atoms with van der Waals surface area (Å²) in [5.74, 6) is -0.605. The summed E-state index contributed by atoms with van der Waals surface area (Å²) >= 11 is 0. The molecule has 1 aromatic rings. The molecule has 7 nitrogen and oxygen atoms in total. The zero-order valence-electron chi connectivity index (χ0n) is 11.6. The van der Waals surface area contributed by atoms with Gasteiger partial charge in [0.15, 0.2) is 0 Å². The summed E-state index contributed by atoms with van der Waals surface area (Å²) < 4.78 is 1.75. The number of carboxylic acid groups (broad SMARTS) is 1. The van der Waals surface area contributed by atoms with E-state index in [1.807, 2.05) is 7.05 Å². The van der Waals surface area contributed by atoms with E-state index in [0.717, 1.165) is 19.4 Å². The Labute approximate surface area is 117 Å². The second-order valence-corrected chi connectivity index (χ2v) is 5.21. The number of hydrogen-bond donors (Lipinski definition) is 2. The highest BCUT2D eigenvalue weighted by molar-refractivity contribution is 5.92. The lowest BCUT2D eigenvalue weighted by Crippen LogP contribution is -2.43. The van der Waals surface area contributed by atoms with Crippen LogP contribution in [-0.2, 0) is 11.8 Å². The zero-order valence-corrected chi connectivity index (χ0v) is 11.6. The summed E-state index contributed by atoms with van der Waals surface area (Å²) in [6, 6.07) is 0. The normalized spacial score (nSPS) is 19.1. The molecule has 1 amide bonds. The minimum atomic E-state index is -0.859. The van der Waals surface area contributed by atoms with Gasteiger partial charge in [-0.15, -0.1) is 0 Å². The van der Waals surface area contributed by atoms with E-state index in [2.05, 4.69) is 10.3 Å². The highest BCUT2D eigenvalue weighted by Gasteiger charge is 2.25. The summed E-state index contributed by atoms with van der Waals surface area (Å²) in [6.07, 6.45) is 5.29. The van der Waals surface area contributed by atoms with Gasteiger partial charge in [-0.3, -0.25) is 9.59 Å². The van der Waals surface area contributed by atoms with Crippen molar-refractivity contribution in [3.05, 3.63) is 18.2 Å². The fourth-order valence-corrected chi connectivity index (χ4v) is 2.48. The average Bonchev–Trinajstić information content (AvgIpc) is 2.84. The Kier molecular flexibility index (Phi) is 4.73. The molecule has 1 aliphatic heterocycles. The highest BCUT2D eigenvalue weighted by atomic mass is 16.4. The van der Waals surface area contributed by atoms with Gasteiger partial charge in [0.1, 0.15) is 5.69 Å². The monoisotopic (exact) mass is 280 g/mol. The minimum absolute atomic E-state index is 0.0370. The molecule has 7 heteroatoms. The van der Waals surface area contributed by atoms with Crippen LogP contribution in [0.3, 0.4) is 0 Å². The Morgan fingerprint density at radius 1 is 1.55 bits per heavy atom. The Morgan fingerprint density at radius 2 is 2.35 bits per heavy atom. The first-order chi connectivity index (χ1) is 9.56. The Balaban J connectivity index is 1.86. The maximum Gasteiger partial charge on any atom is 0.317 e. The van der Waals surface area contributed by atoms with E-state index in [0.29, 0.717) is 24.7 Å². The summed E-state index contributed by atoms with van der Waals surface area (Å²) in [4.78, 5) is 28.6. The molecule has 0 radical (unpaired) electrons. The third-order valence-electron chi connectivity index (χ3n) is 3.44. The van der Waals surface area contributed by atoms with Crippen molar-refractivity contribution in [2.24, 2.45) is 13.0 Å². The van der Waals surface area contributed by atoms with Crippen LogP contribution < -0.4 is 5.32 Å². The number of hydrogen-bond acceptors (Lipinski definition) is 4. The topological polar surface area (TPSA) is 87.5 Å². The van der Waals surface area contributed by atoms with Gasteiger partial charge < -0.3 is 19.9 Å². The fraction of sp³-hybridized carbons (Fsp3) is 0.615. The van der Waals surface area contributed by atoms with Crippen LogP contribution >= 0.6 is 0 Å². The molecule has 0 spiro atoms. The number of carbonyl (C=O) groups is 2. The van der Waals surface area contributed by atoms with Crippen LogP contribution in [-0.4, -0.2) is 57.6 Å². The number of likely N-dealkylation sites (tertiary alicyclic amines) is 1. The van der Waals surface area contributed by atoms with Crippen LogP contribution in [0.4, 0.5) is 0 Å². The van der Waals surface area contributed by atoms with Crippen molar-refractivity contribution in [1.29, 1.82) is 0 Å². The van der Waals surface area contributed by atoms with Crippen molar-refractivity contribution in [2.45, 2.75) is 12.8 Å². The van der Waals surface area contributed by atoms with Crippen LogP contribution in [0.1, 0.15) is 23.3 Å². The van der Waals surface area contributed by atoms with Crippen LogP contribution in [0.25, 0.3) is 0 Å². The number of nitrogens with one attached hydrogen (secondary N) is 1. The lowest BCUT2D eigenvalue weighted by Gasteiger charge is -2.32. The molecule has 0 aliphatic carbocycles. The van der Waals surface area contributed by atoms with Crippen molar-refractivity contribution in [2.75, 3.05) is 26.2 Å². The smallest absolute Gasteiger partial charge is 0.317 e. The molecular weight excluding hydrogens is 260 g/mol. The van der Waals surface area contributed by atoms with Crippen molar-refractivity contribution in [3.63, 3.8) is 0 Å². The van der Waals surface area contributed by atoms with Gasteiger partial charge in [0.25, 0.3) is 5.91 Å². The van der Waals surface area contributed by atoms with E-state index < -0.39 is 5.97 Å². The van der Waals surface area contributed by atoms with Crippen molar-refractivity contribution in [1.82, 2.24) is 19.8 Å². The third kappa shape index (κ3) is 3.80. The first-order valence-electron chi connectivity index (χ1n) is 6.76. The quantitative estimate of drug-likeness (QED) is 0.789. The van der Waals surface area contributed by atoms with Gasteiger partial charge in [-0.1, -0.05) is 0 Å². The molecule has 2 rings (SSSR count). The van der Waals surface area contributed by atoms with Crippen LogP contribution in [0.15, 0.2) is 12.5 Å². The van der Waals surface area contributed by atoms with E-state index in [9.17, 15) is 9.59 Å². The molecule has 1 fully saturated rings. The summed E-state index contributed by atoms with van der Waals surface area (Å²) in [6.45, 7) is 1.98. The number of rotatable bonds is 5. The van der Waals surface area contributed by atoms with Gasteiger partial charge in [0.05, 0.1) is 12.9 Å². The second kappa shape index (κ2) is 6.51. The van der Waals surface area contributed by atoms with Gasteiger partial charge in [-0.25, -0.2) is 4.98 Å². The summed E-state index contributed by atoms with van der Waals surface area (Å²) in [5.41, 5.74) is 0.464. The predicted molar refractivity (Wildman–Crippen MR) is 72.3 cm³/mol. The molecular formula is C13H20N4O3. The molecule has 0 bridgehead atoms. The van der Waals surface area contributed by atoms with E-state index in [-0.39, 0.29) is 12.5 Å². The van der Waals surface area contributed by atoms with E-state index in [4.69, 9.17) is 5.11 Å². The van der Waals surface area contributed by atoms with Crippen LogP contribution in [0.2, 0.25) is 0 Å². The highest BCUT2D eigenvalue weighted by Crippen LogP contribution is 2.17. The van der Waals surface area contributed by atoms with Gasteiger partial charge in [0.2, 0.25) is 0 Å². The standard InChI is InChI=1S/C13H20N4O3/c1-16-8-11(15-9-16)13(20)17-4-2-3-10(7-17)5-14-6-12(18)19/h8-10,14H,2-7H2,1H3,(H,18,19). The summed E-state index contributed by atoms with van der Waals surface area (Å²) in [5, 5.41) is 11.5. The number of aliphatic carboxylic acids is 1. The van der Waals surface area contributed by atoms with Crippen LogP contribution in [0, 0.1) is 5.92 Å². The van der Waals surface area contributed by atoms with Crippen molar-refractivity contribution >= 4 is 11.9 Å². The SMILES string of the molecule is Cn1cnc(C(=O)N2CCCC(CNCC(=O)O)C2)c1. The fourth-order valence-electron chi connectivity index (χ4n) is 2.48. The number of aromatic nitrogens is 2. The number of carboxylic acids is 1. The largest absolute Gasteiger partial charge is 0.480 e. The molecule has 2 N–H and O–H groups in total. The maximum atomic E-state index is 12.3. The molecule has 1 saturated heterocycles. The predicted octanol–water partition coefficient (Wildman–Crippen LogP) is -0.0535. The molecule has 1 aliphatic rings. The van der Waals surface area contributed by atoms with Gasteiger partial charge in [-0.05, 0) is 18.8 Å². The average molecular weight is 280 g/mol. The Bertz CT molecular complexity index is 486. The van der Waals surface area contributed by atoms with Crippen LogP contribution in [0.5, 0.6) is 0 Å². The van der Waals surface area contributed by atoms with Gasteiger partial charge in [-0.2, -0.15) is 0 Å². The Hall–Kier alpha value is -1.89. The molecule has 2 heterocycles. The van der Waals surface area contributed by atoms with E-state index >= 15 is 0 Å². The molecule has 0 aromatic carbocycles. The molecule has 1 unspecified atom stereocenters. The van der Waals surface area contributed by atoms with E-state index in [1.165, 1.54) is 0 Å². The molecule has 110 valence electrons. The van der Waals surface area contributed by atoms with Crippen molar-refractivity contribution < 1.29 is 14.7 Å². The lowest BCUT2D eigenvalue weighted by molar-refractivity contribution is -0.136. The maximum absolute atomic E-state index is 12.3. The minimum Gasteiger partial charge on any atom is -0.480 e. The number of amides is 1. The first-order valence-corrected chi connectivity index (χ1v) is 6.76. The Morgan fingerprint density at radius 3 is 3.00 bits per heavy atom. The molecule has 20 heavy (non-hydrogen) atoms. The second-order valence-electron chi connectivity index (χ2n) is 5.21. The molecule has 1 atom stereocenters.